The van der Waals surface area contributed by atoms with E-state index in [0.29, 0.717) is 11.0 Å². The molecular formula is C31H47NO5S3. The number of hydrogen-bond donors (Lipinski definition) is 2. The van der Waals surface area contributed by atoms with Crippen LogP contribution in [0.5, 0.6) is 0 Å². The normalized spacial score (nSPS) is 30.6. The molecule has 0 amide bonds. The SMILES string of the molecule is CC(=Cc1csc(C)n1)[C@@H]1CC=C(CC2SCCCS2)CCC[C@H](C)[C@H](O)[C@@H](C)C(=O)C(C)(C)[C@@H](O)CC(=O)O1. The summed E-state index contributed by atoms with van der Waals surface area (Å²) in [5.74, 6) is 0.902. The number of ketones is 1. The zero-order chi connectivity index (χ0) is 29.4. The molecule has 0 aliphatic carbocycles. The number of aliphatic hydroxyl groups is 2. The largest absolute Gasteiger partial charge is 0.457 e. The number of ether oxygens (including phenoxy) is 1. The molecule has 3 heterocycles. The Hall–Kier alpha value is -1.13. The van der Waals surface area contributed by atoms with E-state index >= 15 is 0 Å². The van der Waals surface area contributed by atoms with Crippen molar-refractivity contribution in [2.45, 2.75) is 109 Å². The Morgan fingerprint density at radius 1 is 1.18 bits per heavy atom. The molecule has 1 aromatic heterocycles. The molecule has 0 saturated carbocycles. The number of carbonyl (C=O) groups excluding carboxylic acids is 2. The summed E-state index contributed by atoms with van der Waals surface area (Å²) < 4.78 is 6.51. The summed E-state index contributed by atoms with van der Waals surface area (Å²) in [7, 11) is 0. The number of aromatic nitrogens is 1. The van der Waals surface area contributed by atoms with Gasteiger partial charge in [-0.2, -0.15) is 0 Å². The van der Waals surface area contributed by atoms with E-state index in [-0.39, 0.29) is 18.1 Å². The van der Waals surface area contributed by atoms with Gasteiger partial charge in [-0.15, -0.1) is 34.9 Å². The van der Waals surface area contributed by atoms with Crippen LogP contribution in [0.25, 0.3) is 6.08 Å². The molecule has 0 aromatic carbocycles. The van der Waals surface area contributed by atoms with Crippen molar-refractivity contribution in [3.05, 3.63) is 33.3 Å². The lowest BCUT2D eigenvalue weighted by Gasteiger charge is -2.34. The molecule has 2 N–H and O–H groups in total. The second-order valence-corrected chi connectivity index (χ2v) is 15.9. The van der Waals surface area contributed by atoms with Crippen LogP contribution in [0.2, 0.25) is 0 Å². The number of nitrogens with zero attached hydrogens (tertiary/aromatic N) is 1. The second kappa shape index (κ2) is 15.4. The van der Waals surface area contributed by atoms with Gasteiger partial charge < -0.3 is 14.9 Å². The second-order valence-electron chi connectivity index (χ2n) is 11.9. The fourth-order valence-corrected chi connectivity index (χ4v) is 8.90. The predicted molar refractivity (Wildman–Crippen MR) is 169 cm³/mol. The van der Waals surface area contributed by atoms with E-state index in [1.54, 1.807) is 32.1 Å². The van der Waals surface area contributed by atoms with Crippen LogP contribution >= 0.6 is 34.9 Å². The zero-order valence-electron chi connectivity index (χ0n) is 24.9. The number of Topliss-reactive ketones (excluding diaryl/α,β-unsaturated/α-hetero) is 1. The molecule has 3 rings (SSSR count). The molecule has 1 aromatic rings. The monoisotopic (exact) mass is 609 g/mol. The first-order chi connectivity index (χ1) is 18.9. The van der Waals surface area contributed by atoms with Gasteiger partial charge in [0, 0.05) is 17.7 Å². The molecule has 2 aliphatic rings. The van der Waals surface area contributed by atoms with Crippen molar-refractivity contribution in [3.8, 4) is 0 Å². The number of thiazole rings is 1. The highest BCUT2D eigenvalue weighted by molar-refractivity contribution is 8.17. The lowest BCUT2D eigenvalue weighted by molar-refractivity contribution is -0.154. The van der Waals surface area contributed by atoms with E-state index in [4.69, 9.17) is 4.74 Å². The molecule has 0 unspecified atom stereocenters. The summed E-state index contributed by atoms with van der Waals surface area (Å²) in [5.41, 5.74) is 1.89. The van der Waals surface area contributed by atoms with Gasteiger partial charge in [-0.3, -0.25) is 9.59 Å². The van der Waals surface area contributed by atoms with Gasteiger partial charge in [-0.05, 0) is 75.0 Å². The minimum Gasteiger partial charge on any atom is -0.457 e. The van der Waals surface area contributed by atoms with Crippen molar-refractivity contribution in [1.29, 1.82) is 0 Å². The van der Waals surface area contributed by atoms with Crippen molar-refractivity contribution in [1.82, 2.24) is 4.98 Å². The number of esters is 1. The summed E-state index contributed by atoms with van der Waals surface area (Å²) in [5, 5.41) is 25.0. The van der Waals surface area contributed by atoms with Crippen LogP contribution in [-0.4, -0.2) is 61.3 Å². The highest BCUT2D eigenvalue weighted by Gasteiger charge is 2.42. The Labute approximate surface area is 252 Å². The summed E-state index contributed by atoms with van der Waals surface area (Å²) >= 11 is 5.62. The summed E-state index contributed by atoms with van der Waals surface area (Å²) in [6, 6.07) is 0. The summed E-state index contributed by atoms with van der Waals surface area (Å²) in [4.78, 5) is 31.1. The van der Waals surface area contributed by atoms with Crippen molar-refractivity contribution in [3.63, 3.8) is 0 Å². The number of thioether (sulfide) groups is 2. The van der Waals surface area contributed by atoms with E-state index in [1.165, 1.54) is 23.5 Å². The number of hydrogen-bond acceptors (Lipinski definition) is 9. The first-order valence-electron chi connectivity index (χ1n) is 14.5. The zero-order valence-corrected chi connectivity index (χ0v) is 27.3. The van der Waals surface area contributed by atoms with Gasteiger partial charge in [-0.25, -0.2) is 4.98 Å². The molecule has 1 saturated heterocycles. The standard InChI is InChI=1S/C31H47NO5S3/c1-19-9-7-10-23(16-28-38-13-8-14-39-28)11-12-25(20(2)15-24-18-40-22(4)32-24)37-27(34)17-26(33)31(5,6)30(36)21(3)29(19)35/h11,15,18-19,21,25-26,28-29,33,35H,7-10,12-14,16-17H2,1-6H3/t19-,21+,25-,26-,29-/m0/s1. The minimum atomic E-state index is -1.22. The smallest absolute Gasteiger partial charge is 0.309 e. The Kier molecular flexibility index (Phi) is 12.8. The summed E-state index contributed by atoms with van der Waals surface area (Å²) in [6.07, 6.45) is 6.83. The van der Waals surface area contributed by atoms with Gasteiger partial charge in [-0.1, -0.05) is 39.3 Å². The number of carbonyl (C=O) groups is 2. The quantitative estimate of drug-likeness (QED) is 0.283. The molecule has 6 nitrogen and oxygen atoms in total. The first-order valence-corrected chi connectivity index (χ1v) is 17.5. The first kappa shape index (κ1) is 33.4. The van der Waals surface area contributed by atoms with Gasteiger partial charge in [0.05, 0.1) is 39.3 Å². The average molecular weight is 610 g/mol. The van der Waals surface area contributed by atoms with Gasteiger partial charge in [0.15, 0.2) is 0 Å². The number of rotatable bonds is 4. The lowest BCUT2D eigenvalue weighted by Crippen LogP contribution is -2.45. The van der Waals surface area contributed by atoms with E-state index in [0.717, 1.165) is 42.0 Å². The van der Waals surface area contributed by atoms with Gasteiger partial charge in [0.1, 0.15) is 11.9 Å². The van der Waals surface area contributed by atoms with Crippen LogP contribution in [-0.2, 0) is 14.3 Å². The maximum Gasteiger partial charge on any atom is 0.309 e. The number of aryl methyl sites for hydroxylation is 1. The molecule has 5 atom stereocenters. The summed E-state index contributed by atoms with van der Waals surface area (Å²) in [6.45, 7) is 10.9. The molecule has 0 bridgehead atoms. The molecule has 9 heteroatoms. The Bertz CT molecular complexity index is 1060. The number of aliphatic hydroxyl groups excluding tert-OH is 2. The highest BCUT2D eigenvalue weighted by Crippen LogP contribution is 2.37. The van der Waals surface area contributed by atoms with Gasteiger partial charge >= 0.3 is 5.97 Å². The topological polar surface area (TPSA) is 96.7 Å². The van der Waals surface area contributed by atoms with E-state index in [9.17, 15) is 19.8 Å². The third-order valence-electron chi connectivity index (χ3n) is 8.23. The van der Waals surface area contributed by atoms with Crippen molar-refractivity contribution in [2.75, 3.05) is 11.5 Å². The molecule has 0 spiro atoms. The van der Waals surface area contributed by atoms with Crippen LogP contribution in [0.1, 0.15) is 90.3 Å². The molecule has 224 valence electrons. The molecule has 1 fully saturated rings. The van der Waals surface area contributed by atoms with E-state index < -0.39 is 35.6 Å². The lowest BCUT2D eigenvalue weighted by atomic mass is 9.73. The Morgan fingerprint density at radius 2 is 1.88 bits per heavy atom. The fourth-order valence-electron chi connectivity index (χ4n) is 5.37. The van der Waals surface area contributed by atoms with E-state index in [1.807, 2.05) is 55.8 Å². The number of allylic oxidation sites excluding steroid dienone is 1. The third-order valence-corrected chi connectivity index (χ3v) is 12.0. The Balaban J connectivity index is 1.92. The molecular weight excluding hydrogens is 563 g/mol. The molecule has 2 aliphatic heterocycles. The minimum absolute atomic E-state index is 0.0519. The molecule has 0 radical (unpaired) electrons. The van der Waals surface area contributed by atoms with Crippen molar-refractivity contribution in [2.24, 2.45) is 17.3 Å². The predicted octanol–water partition coefficient (Wildman–Crippen LogP) is 6.83. The van der Waals surface area contributed by atoms with E-state index in [2.05, 4.69) is 11.1 Å². The maximum atomic E-state index is 13.4. The average Bonchev–Trinajstić information content (AvgIpc) is 3.33. The van der Waals surface area contributed by atoms with Crippen molar-refractivity contribution >= 4 is 52.7 Å². The van der Waals surface area contributed by atoms with Crippen LogP contribution < -0.4 is 0 Å². The maximum absolute atomic E-state index is 13.4. The van der Waals surface area contributed by atoms with Gasteiger partial charge in [0.25, 0.3) is 0 Å². The number of cyclic esters (lactones) is 1. The third kappa shape index (κ3) is 9.45. The highest BCUT2D eigenvalue weighted by atomic mass is 32.2. The van der Waals surface area contributed by atoms with Crippen LogP contribution in [0.4, 0.5) is 0 Å². The van der Waals surface area contributed by atoms with Crippen LogP contribution in [0.3, 0.4) is 0 Å². The molecule has 40 heavy (non-hydrogen) atoms. The van der Waals surface area contributed by atoms with Crippen LogP contribution in [0, 0.1) is 24.2 Å². The van der Waals surface area contributed by atoms with Crippen LogP contribution in [0.15, 0.2) is 22.6 Å². The van der Waals surface area contributed by atoms with Gasteiger partial charge in [0.2, 0.25) is 0 Å². The fraction of sp³-hybridized carbons (Fsp3) is 0.710. The Morgan fingerprint density at radius 3 is 2.52 bits per heavy atom. The van der Waals surface area contributed by atoms with Crippen molar-refractivity contribution < 1.29 is 24.5 Å².